The molecule has 1 rings (SSSR count). The van der Waals surface area contributed by atoms with Crippen LogP contribution in [0.1, 0.15) is 5.56 Å². The van der Waals surface area contributed by atoms with E-state index in [4.69, 9.17) is 34.8 Å². The third-order valence-electron chi connectivity index (χ3n) is 3.15. The van der Waals surface area contributed by atoms with Gasteiger partial charge in [-0.1, -0.05) is 12.1 Å². The van der Waals surface area contributed by atoms with Crippen molar-refractivity contribution in [1.29, 1.82) is 0 Å². The molecule has 1 N–H and O–H groups in total. The Morgan fingerprint density at radius 3 is 1.29 bits per heavy atom. The first-order valence-electron chi connectivity index (χ1n) is 7.72. The van der Waals surface area contributed by atoms with Gasteiger partial charge in [-0.05, 0) is 24.1 Å². The van der Waals surface area contributed by atoms with Crippen LogP contribution in [-0.2, 0) is 71.5 Å². The van der Waals surface area contributed by atoms with Crippen molar-refractivity contribution in [3.63, 3.8) is 0 Å². The fourth-order valence-corrected chi connectivity index (χ4v) is 3.06. The number of benzene rings is 1. The van der Waals surface area contributed by atoms with Crippen molar-refractivity contribution in [2.45, 2.75) is 28.4 Å². The molecule has 0 atom stereocenters. The van der Waals surface area contributed by atoms with E-state index in [9.17, 15) is 44.1 Å². The summed E-state index contributed by atoms with van der Waals surface area (Å²) in [6.07, 6.45) is 0.476. The average molecular weight is 634 g/mol. The van der Waals surface area contributed by atoms with Crippen LogP contribution in [0.15, 0.2) is 29.2 Å². The molecular weight excluding hydrogens is 619 g/mol. The molecule has 23 heteroatoms. The molecule has 0 aliphatic rings. The molecule has 0 heterocycles. The van der Waals surface area contributed by atoms with Crippen molar-refractivity contribution < 1.29 is 105 Å². The van der Waals surface area contributed by atoms with Crippen LogP contribution in [-0.4, -0.2) is 77.7 Å². The molecule has 0 fully saturated rings. The normalized spacial score (nSPS) is 12.9. The topological polar surface area (TPSA) is 210 Å². The zero-order valence-corrected chi connectivity index (χ0v) is 22.5. The third kappa shape index (κ3) is 16.1. The molecule has 0 radical (unpaired) electrons. The van der Waals surface area contributed by atoms with E-state index >= 15 is 0 Å². The number of hydrogen-bond acceptors (Lipinski definition) is 12. The van der Waals surface area contributed by atoms with Crippen LogP contribution in [0, 0.1) is 0 Å². The summed E-state index contributed by atoms with van der Waals surface area (Å²) in [5.41, 5.74) is -10.5. The largest absolute Gasteiger partial charge is 3.00 e. The molecule has 0 aliphatic carbocycles. The first-order chi connectivity index (χ1) is 14.8. The Hall–Kier alpha value is -0.503. The second-order valence-corrected chi connectivity index (χ2v) is 12.4. The molecule has 12 nitrogen and oxygen atoms in total. The van der Waals surface area contributed by atoms with E-state index < -0.39 is 50.2 Å². The van der Waals surface area contributed by atoms with Gasteiger partial charge in [-0.25, -0.2) is 25.3 Å². The summed E-state index contributed by atoms with van der Waals surface area (Å²) in [6, 6.07) is 5.88. The van der Waals surface area contributed by atoms with Gasteiger partial charge in [-0.3, -0.25) is 0 Å². The fourth-order valence-electron chi connectivity index (χ4n) is 1.41. The Kier molecular flexibility index (Phi) is 16.1. The predicted molar refractivity (Wildman–Crippen MR) is 96.4 cm³/mol. The molecule has 0 amide bonds. The molecule has 202 valence electrons. The molecule has 0 saturated heterocycles. The third-order valence-corrected chi connectivity index (χ3v) is 7.29. The monoisotopic (exact) mass is 634 g/mol. The Labute approximate surface area is 215 Å². The van der Waals surface area contributed by atoms with E-state index in [-0.39, 0.29) is 30.7 Å². The van der Waals surface area contributed by atoms with Crippen molar-refractivity contribution >= 4 is 39.2 Å². The van der Waals surface area contributed by atoms with Crippen LogP contribution < -0.4 is 0 Å². The number of hydrogen-bond donors (Lipinski definition) is 1. The van der Waals surface area contributed by atoms with E-state index in [1.807, 2.05) is 0 Å². The molecule has 0 unspecified atom stereocenters. The predicted octanol–water partition coefficient (Wildman–Crippen LogP) is 0.458. The van der Waals surface area contributed by atoms with Gasteiger partial charge in [0.2, 0.25) is 0 Å². The van der Waals surface area contributed by atoms with Crippen LogP contribution in [0.25, 0.3) is 0 Å². The molecule has 0 aliphatic heterocycles. The van der Waals surface area contributed by atoms with Gasteiger partial charge >= 0.3 is 45.7 Å². The number of aryl methyl sites for hydroxylation is 1. The van der Waals surface area contributed by atoms with E-state index in [2.05, 4.69) is 0 Å². The van der Waals surface area contributed by atoms with Crippen LogP contribution >= 0.6 is 0 Å². The van der Waals surface area contributed by atoms with Gasteiger partial charge in [-0.2, -0.15) is 26.3 Å². The Balaban J connectivity index is -0.000000505. The minimum Gasteiger partial charge on any atom is -0.744 e. The van der Waals surface area contributed by atoms with Crippen molar-refractivity contribution in [1.82, 2.24) is 0 Å². The van der Waals surface area contributed by atoms with Gasteiger partial charge in [-0.15, -0.1) is 0 Å². The quantitative estimate of drug-likeness (QED) is 0.196. The van der Waals surface area contributed by atoms with E-state index in [1.54, 1.807) is 0 Å². The summed E-state index contributed by atoms with van der Waals surface area (Å²) in [7, 11) is -16.9. The Bertz CT molecular complexity index is 1040. The molecule has 0 saturated carbocycles. The SMILES string of the molecule is CO[Si](O)(CCc1ccc(S(=O)(=O)[O-])cc1)OC.O=S(=O)([O-])C(F)(F)F.O=S(=O)([O-])C(F)(F)F.[Sc+3]. The standard InChI is InChI=1S/C10H16O6SSi.2CHF3O3S.Sc/c1-15-18(14,16-2)8-7-9-3-5-10(6-4-9)17(11,12)13;2*2-1(3,4)8(5,6)7;/h3-6,14H,7-8H2,1-2H3,(H,11,12,13);2*(H,5,6,7);/q;;;+3/p-3. The second kappa shape index (κ2) is 14.4. The molecular formula is C12H15F6O12S3ScSi. The van der Waals surface area contributed by atoms with Gasteiger partial charge in [0.15, 0.2) is 20.2 Å². The van der Waals surface area contributed by atoms with Crippen molar-refractivity contribution in [3.8, 4) is 0 Å². The van der Waals surface area contributed by atoms with Gasteiger partial charge in [0.1, 0.15) is 10.1 Å². The first-order valence-corrected chi connectivity index (χ1v) is 13.9. The number of rotatable bonds is 6. The Morgan fingerprint density at radius 2 is 1.09 bits per heavy atom. The van der Waals surface area contributed by atoms with E-state index in [0.717, 1.165) is 5.56 Å². The number of halogens is 6. The second-order valence-electron chi connectivity index (χ2n) is 5.52. The summed E-state index contributed by atoms with van der Waals surface area (Å²) in [4.78, 5) is 9.56. The molecule has 0 bridgehead atoms. The minimum atomic E-state index is -6.09. The number of alkyl halides is 6. The molecule has 35 heavy (non-hydrogen) atoms. The van der Waals surface area contributed by atoms with E-state index in [1.165, 1.54) is 38.5 Å². The maximum atomic E-state index is 10.7. The Morgan fingerprint density at radius 1 is 0.800 bits per heavy atom. The zero-order valence-electron chi connectivity index (χ0n) is 17.2. The zero-order chi connectivity index (χ0) is 27.8. The maximum Gasteiger partial charge on any atom is 3.00 e. The summed E-state index contributed by atoms with van der Waals surface area (Å²) in [5.74, 6) is 0. The molecule has 1 aromatic rings. The summed E-state index contributed by atoms with van der Waals surface area (Å²) in [6.45, 7) is 0. The van der Waals surface area contributed by atoms with Crippen molar-refractivity contribution in [2.75, 3.05) is 14.2 Å². The average Bonchev–Trinajstić information content (AvgIpc) is 2.63. The fraction of sp³-hybridized carbons (Fsp3) is 0.500. The van der Waals surface area contributed by atoms with Crippen LogP contribution in [0.3, 0.4) is 0 Å². The van der Waals surface area contributed by atoms with Crippen LogP contribution in [0.5, 0.6) is 0 Å². The van der Waals surface area contributed by atoms with Gasteiger partial charge in [0.25, 0.3) is 0 Å². The van der Waals surface area contributed by atoms with E-state index in [0.29, 0.717) is 12.5 Å². The maximum absolute atomic E-state index is 10.7. The molecule has 0 spiro atoms. The van der Waals surface area contributed by atoms with Crippen LogP contribution in [0.2, 0.25) is 6.04 Å². The van der Waals surface area contributed by atoms with Crippen molar-refractivity contribution in [3.05, 3.63) is 29.8 Å². The summed E-state index contributed by atoms with van der Waals surface area (Å²) >= 11 is 0. The molecule has 1 aromatic carbocycles. The van der Waals surface area contributed by atoms with Crippen molar-refractivity contribution in [2.24, 2.45) is 0 Å². The smallest absolute Gasteiger partial charge is 0.744 e. The first kappa shape index (κ1) is 39.0. The van der Waals surface area contributed by atoms with Gasteiger partial charge in [0.05, 0.1) is 4.90 Å². The van der Waals surface area contributed by atoms with Crippen LogP contribution in [0.4, 0.5) is 26.3 Å². The molecule has 0 aromatic heterocycles. The van der Waals surface area contributed by atoms with Gasteiger partial charge in [0, 0.05) is 20.3 Å². The summed E-state index contributed by atoms with van der Waals surface area (Å²) in [5, 5.41) is 0. The minimum absolute atomic E-state index is 0. The van der Waals surface area contributed by atoms with Gasteiger partial charge < -0.3 is 27.3 Å². The summed E-state index contributed by atoms with van der Waals surface area (Å²) < 4.78 is 160.